The average Bonchev–Trinajstić information content (AvgIpc) is 2.40. The summed E-state index contributed by atoms with van der Waals surface area (Å²) in [5.74, 6) is -0.745. The zero-order valence-electron chi connectivity index (χ0n) is 11.5. The van der Waals surface area contributed by atoms with E-state index >= 15 is 0 Å². The lowest BCUT2D eigenvalue weighted by molar-refractivity contribution is 0.101. The zero-order chi connectivity index (χ0) is 15.6. The molecule has 0 aliphatic rings. The Kier molecular flexibility index (Phi) is 4.37. The van der Waals surface area contributed by atoms with E-state index in [0.717, 1.165) is 4.47 Å². The Morgan fingerprint density at radius 3 is 2.57 bits per heavy atom. The van der Waals surface area contributed by atoms with Gasteiger partial charge in [-0.1, -0.05) is 0 Å². The summed E-state index contributed by atoms with van der Waals surface area (Å²) in [4.78, 5) is 27.4. The molecule has 0 atom stereocenters. The molecule has 5 nitrogen and oxygen atoms in total. The van der Waals surface area contributed by atoms with E-state index in [1.54, 1.807) is 19.1 Å². The molecule has 0 spiro atoms. The maximum Gasteiger partial charge on any atom is 0.274 e. The first-order valence-corrected chi connectivity index (χ1v) is 6.95. The standard InChI is InChI=1S/C15H13BrN2O3/c1-8-5-11(16)7-17-14(8)15(21)18-12-4-3-10(9(2)19)6-13(12)20/h3-7,20H,1-2H3,(H,18,21). The summed E-state index contributed by atoms with van der Waals surface area (Å²) in [5, 5.41) is 12.4. The number of carbonyl (C=O) groups excluding carboxylic acids is 2. The SMILES string of the molecule is CC(=O)c1ccc(NC(=O)c2ncc(Br)cc2C)c(O)c1. The minimum Gasteiger partial charge on any atom is -0.506 e. The summed E-state index contributed by atoms with van der Waals surface area (Å²) in [6.45, 7) is 3.17. The number of halogens is 1. The summed E-state index contributed by atoms with van der Waals surface area (Å²) < 4.78 is 0.783. The van der Waals surface area contributed by atoms with Gasteiger partial charge in [0.1, 0.15) is 11.4 Å². The van der Waals surface area contributed by atoms with Crippen molar-refractivity contribution < 1.29 is 14.7 Å². The molecule has 1 heterocycles. The van der Waals surface area contributed by atoms with Gasteiger partial charge in [0.05, 0.1) is 5.69 Å². The Balaban J connectivity index is 2.25. The van der Waals surface area contributed by atoms with E-state index in [-0.39, 0.29) is 22.9 Å². The number of aromatic nitrogens is 1. The molecule has 6 heteroatoms. The molecule has 0 saturated carbocycles. The molecule has 1 aromatic carbocycles. The summed E-state index contributed by atoms with van der Waals surface area (Å²) in [6, 6.07) is 6.12. The molecule has 0 aliphatic carbocycles. The Morgan fingerprint density at radius 1 is 1.29 bits per heavy atom. The summed E-state index contributed by atoms with van der Waals surface area (Å²) in [6.07, 6.45) is 1.53. The summed E-state index contributed by atoms with van der Waals surface area (Å²) in [5.41, 5.74) is 1.59. The van der Waals surface area contributed by atoms with Crippen LogP contribution in [-0.4, -0.2) is 21.8 Å². The van der Waals surface area contributed by atoms with Gasteiger partial charge in [0.15, 0.2) is 5.78 Å². The number of amides is 1. The van der Waals surface area contributed by atoms with Crippen molar-refractivity contribution in [3.63, 3.8) is 0 Å². The van der Waals surface area contributed by atoms with Crippen LogP contribution in [0.25, 0.3) is 0 Å². The van der Waals surface area contributed by atoms with E-state index < -0.39 is 5.91 Å². The number of Topliss-reactive ketones (excluding diaryl/α,β-unsaturated/α-hetero) is 1. The normalized spacial score (nSPS) is 10.2. The van der Waals surface area contributed by atoms with Crippen molar-refractivity contribution in [3.8, 4) is 5.75 Å². The predicted molar refractivity (Wildman–Crippen MR) is 82.7 cm³/mol. The third kappa shape index (κ3) is 3.46. The number of aromatic hydroxyl groups is 1. The molecule has 2 N–H and O–H groups in total. The van der Waals surface area contributed by atoms with Gasteiger partial charge in [0, 0.05) is 16.2 Å². The largest absolute Gasteiger partial charge is 0.506 e. The summed E-state index contributed by atoms with van der Waals surface area (Å²) in [7, 11) is 0. The number of anilines is 1. The Labute approximate surface area is 130 Å². The van der Waals surface area contributed by atoms with Crippen LogP contribution < -0.4 is 5.32 Å². The minimum absolute atomic E-state index is 0.159. The van der Waals surface area contributed by atoms with Gasteiger partial charge in [0.2, 0.25) is 0 Å². The molecule has 108 valence electrons. The second-order valence-electron chi connectivity index (χ2n) is 4.56. The van der Waals surface area contributed by atoms with Gasteiger partial charge >= 0.3 is 0 Å². The highest BCUT2D eigenvalue weighted by Crippen LogP contribution is 2.25. The number of rotatable bonds is 3. The van der Waals surface area contributed by atoms with Crippen LogP contribution in [0.1, 0.15) is 33.3 Å². The molecule has 0 bridgehead atoms. The topological polar surface area (TPSA) is 79.3 Å². The zero-order valence-corrected chi connectivity index (χ0v) is 13.1. The molecule has 0 fully saturated rings. The number of hydrogen-bond donors (Lipinski definition) is 2. The second kappa shape index (κ2) is 6.05. The number of phenols is 1. The number of hydrogen-bond acceptors (Lipinski definition) is 4. The fourth-order valence-corrected chi connectivity index (χ4v) is 2.26. The number of aryl methyl sites for hydroxylation is 1. The van der Waals surface area contributed by atoms with E-state index in [1.165, 1.54) is 25.3 Å². The van der Waals surface area contributed by atoms with Gasteiger partial charge in [-0.3, -0.25) is 9.59 Å². The number of phenolic OH excluding ortho intramolecular Hbond substituents is 1. The molecular formula is C15H13BrN2O3. The highest BCUT2D eigenvalue weighted by Gasteiger charge is 2.14. The Morgan fingerprint density at radius 2 is 2.00 bits per heavy atom. The monoisotopic (exact) mass is 348 g/mol. The van der Waals surface area contributed by atoms with E-state index in [9.17, 15) is 14.7 Å². The molecule has 21 heavy (non-hydrogen) atoms. The molecule has 0 saturated heterocycles. The number of benzene rings is 1. The highest BCUT2D eigenvalue weighted by atomic mass is 79.9. The van der Waals surface area contributed by atoms with Crippen molar-refractivity contribution in [2.45, 2.75) is 13.8 Å². The number of carbonyl (C=O) groups is 2. The van der Waals surface area contributed by atoms with Gasteiger partial charge in [-0.05, 0) is 59.6 Å². The van der Waals surface area contributed by atoms with Crippen molar-refractivity contribution in [1.29, 1.82) is 0 Å². The van der Waals surface area contributed by atoms with E-state index in [0.29, 0.717) is 11.1 Å². The molecular weight excluding hydrogens is 336 g/mol. The van der Waals surface area contributed by atoms with Gasteiger partial charge in [-0.25, -0.2) is 4.98 Å². The van der Waals surface area contributed by atoms with Gasteiger partial charge in [-0.15, -0.1) is 0 Å². The molecule has 0 unspecified atom stereocenters. The quantitative estimate of drug-likeness (QED) is 0.658. The number of nitrogens with zero attached hydrogens (tertiary/aromatic N) is 1. The molecule has 2 aromatic rings. The average molecular weight is 349 g/mol. The number of pyridine rings is 1. The van der Waals surface area contributed by atoms with Crippen molar-refractivity contribution in [3.05, 3.63) is 51.8 Å². The summed E-state index contributed by atoms with van der Waals surface area (Å²) >= 11 is 3.28. The molecule has 0 aliphatic heterocycles. The lowest BCUT2D eigenvalue weighted by atomic mass is 10.1. The van der Waals surface area contributed by atoms with Gasteiger partial charge < -0.3 is 10.4 Å². The van der Waals surface area contributed by atoms with Crippen LogP contribution in [0.2, 0.25) is 0 Å². The van der Waals surface area contributed by atoms with Crippen LogP contribution in [0, 0.1) is 6.92 Å². The van der Waals surface area contributed by atoms with Crippen LogP contribution in [0.15, 0.2) is 34.9 Å². The minimum atomic E-state index is -0.425. The van der Waals surface area contributed by atoms with Crippen molar-refractivity contribution in [2.75, 3.05) is 5.32 Å². The van der Waals surface area contributed by atoms with Crippen LogP contribution in [0.4, 0.5) is 5.69 Å². The molecule has 1 aromatic heterocycles. The second-order valence-corrected chi connectivity index (χ2v) is 5.48. The molecule has 1 amide bonds. The fourth-order valence-electron chi connectivity index (χ4n) is 1.82. The van der Waals surface area contributed by atoms with Crippen LogP contribution >= 0.6 is 15.9 Å². The van der Waals surface area contributed by atoms with E-state index in [1.807, 2.05) is 0 Å². The first-order valence-electron chi connectivity index (χ1n) is 6.16. The van der Waals surface area contributed by atoms with Gasteiger partial charge in [-0.2, -0.15) is 0 Å². The third-order valence-corrected chi connectivity index (χ3v) is 3.35. The van der Waals surface area contributed by atoms with Crippen LogP contribution in [0.5, 0.6) is 5.75 Å². The predicted octanol–water partition coefficient (Wildman–Crippen LogP) is 3.31. The van der Waals surface area contributed by atoms with Crippen molar-refractivity contribution in [1.82, 2.24) is 4.98 Å². The van der Waals surface area contributed by atoms with Crippen LogP contribution in [-0.2, 0) is 0 Å². The highest BCUT2D eigenvalue weighted by molar-refractivity contribution is 9.10. The first kappa shape index (κ1) is 15.2. The fraction of sp³-hybridized carbons (Fsp3) is 0.133. The smallest absolute Gasteiger partial charge is 0.274 e. The molecule has 0 radical (unpaired) electrons. The Bertz CT molecular complexity index is 729. The van der Waals surface area contributed by atoms with E-state index in [4.69, 9.17) is 0 Å². The lowest BCUT2D eigenvalue weighted by Gasteiger charge is -2.09. The van der Waals surface area contributed by atoms with Crippen molar-refractivity contribution >= 4 is 33.3 Å². The van der Waals surface area contributed by atoms with Gasteiger partial charge in [0.25, 0.3) is 5.91 Å². The number of nitrogens with one attached hydrogen (secondary N) is 1. The first-order chi connectivity index (χ1) is 9.88. The maximum atomic E-state index is 12.2. The maximum absolute atomic E-state index is 12.2. The van der Waals surface area contributed by atoms with Crippen LogP contribution in [0.3, 0.4) is 0 Å². The van der Waals surface area contributed by atoms with Crippen molar-refractivity contribution in [2.24, 2.45) is 0 Å². The molecule has 2 rings (SSSR count). The number of ketones is 1. The lowest BCUT2D eigenvalue weighted by Crippen LogP contribution is -2.15. The third-order valence-electron chi connectivity index (χ3n) is 2.91. The van der Waals surface area contributed by atoms with E-state index in [2.05, 4.69) is 26.2 Å². The Hall–Kier alpha value is -2.21.